The molecule has 0 saturated carbocycles. The first kappa shape index (κ1) is 10.7. The van der Waals surface area contributed by atoms with Gasteiger partial charge in [0.1, 0.15) is 0 Å². The van der Waals surface area contributed by atoms with Crippen LogP contribution in [0.25, 0.3) is 6.08 Å². The predicted molar refractivity (Wildman–Crippen MR) is 66.2 cm³/mol. The molecule has 1 fully saturated rings. The molecule has 1 heterocycles. The topological polar surface area (TPSA) is 12.0 Å². The maximum atomic E-state index is 5.99. The van der Waals surface area contributed by atoms with Gasteiger partial charge in [0, 0.05) is 17.6 Å². The molecule has 2 heteroatoms. The van der Waals surface area contributed by atoms with Crippen LogP contribution in [0.4, 0.5) is 0 Å². The van der Waals surface area contributed by atoms with E-state index < -0.39 is 0 Å². The molecule has 0 radical (unpaired) electrons. The van der Waals surface area contributed by atoms with Gasteiger partial charge in [0.25, 0.3) is 0 Å². The molecule has 0 amide bonds. The lowest BCUT2D eigenvalue weighted by Crippen LogP contribution is -2.16. The Morgan fingerprint density at radius 2 is 2.27 bits per heavy atom. The first-order valence-corrected chi connectivity index (χ1v) is 5.72. The fourth-order valence-electron chi connectivity index (χ4n) is 1.95. The molecule has 1 aliphatic heterocycles. The van der Waals surface area contributed by atoms with Crippen molar-refractivity contribution >= 4 is 17.7 Å². The average Bonchev–Trinajstić information content (AvgIpc) is 2.58. The van der Waals surface area contributed by atoms with Crippen LogP contribution in [0.3, 0.4) is 0 Å². The number of hydrogen-bond acceptors (Lipinski definition) is 1. The molecule has 1 aromatic carbocycles. The van der Waals surface area contributed by atoms with E-state index in [9.17, 15) is 0 Å². The van der Waals surface area contributed by atoms with Gasteiger partial charge >= 0.3 is 0 Å². The first-order chi connectivity index (χ1) is 7.15. The Kier molecular flexibility index (Phi) is 3.13. The number of rotatable bonds is 1. The highest BCUT2D eigenvalue weighted by atomic mass is 35.5. The largest absolute Gasteiger partial charge is 0.310 e. The van der Waals surface area contributed by atoms with Gasteiger partial charge in [-0.2, -0.15) is 0 Å². The second-order valence-corrected chi connectivity index (χ2v) is 4.70. The average molecular weight is 222 g/mol. The Morgan fingerprint density at radius 1 is 1.47 bits per heavy atom. The highest BCUT2D eigenvalue weighted by Gasteiger charge is 2.13. The summed E-state index contributed by atoms with van der Waals surface area (Å²) < 4.78 is 0. The fraction of sp³-hybridized carbons (Fsp3) is 0.385. The van der Waals surface area contributed by atoms with Crippen molar-refractivity contribution in [1.82, 2.24) is 5.32 Å². The Bertz CT molecular complexity index is 396. The third kappa shape index (κ3) is 2.61. The van der Waals surface area contributed by atoms with Crippen molar-refractivity contribution in [3.8, 4) is 0 Å². The van der Waals surface area contributed by atoms with Crippen LogP contribution in [0, 0.1) is 6.92 Å². The third-order valence-corrected chi connectivity index (χ3v) is 3.22. The molecular formula is C13H16ClN. The lowest BCUT2D eigenvalue weighted by Gasteiger charge is -2.01. The van der Waals surface area contributed by atoms with Crippen molar-refractivity contribution in [1.29, 1.82) is 0 Å². The summed E-state index contributed by atoms with van der Waals surface area (Å²) in [7, 11) is 0. The van der Waals surface area contributed by atoms with Gasteiger partial charge in [-0.25, -0.2) is 0 Å². The van der Waals surface area contributed by atoms with Crippen LogP contribution in [0.2, 0.25) is 5.02 Å². The van der Waals surface area contributed by atoms with Crippen LogP contribution >= 0.6 is 11.6 Å². The van der Waals surface area contributed by atoms with Gasteiger partial charge in [0.15, 0.2) is 0 Å². The Balaban J connectivity index is 2.20. The minimum Gasteiger partial charge on any atom is -0.310 e. The zero-order valence-corrected chi connectivity index (χ0v) is 9.93. The summed E-state index contributed by atoms with van der Waals surface area (Å²) in [6.07, 6.45) is 3.42. The van der Waals surface area contributed by atoms with E-state index in [2.05, 4.69) is 30.4 Å². The zero-order chi connectivity index (χ0) is 10.8. The highest BCUT2D eigenvalue weighted by molar-refractivity contribution is 6.31. The summed E-state index contributed by atoms with van der Waals surface area (Å²) in [5.41, 5.74) is 3.87. The smallest absolute Gasteiger partial charge is 0.0435 e. The second kappa shape index (κ2) is 4.38. The van der Waals surface area contributed by atoms with Gasteiger partial charge in [-0.05, 0) is 37.5 Å². The van der Waals surface area contributed by atoms with E-state index >= 15 is 0 Å². The molecular weight excluding hydrogens is 206 g/mol. The Hall–Kier alpha value is -0.790. The number of nitrogens with one attached hydrogen (secondary N) is 1. The van der Waals surface area contributed by atoms with Crippen LogP contribution in [-0.4, -0.2) is 12.6 Å². The quantitative estimate of drug-likeness (QED) is 0.767. The van der Waals surface area contributed by atoms with Gasteiger partial charge in [-0.3, -0.25) is 0 Å². The molecule has 1 unspecified atom stereocenters. The number of aryl methyl sites for hydroxylation is 1. The van der Waals surface area contributed by atoms with E-state index in [1.165, 1.54) is 11.1 Å². The molecule has 0 spiro atoms. The van der Waals surface area contributed by atoms with Crippen molar-refractivity contribution in [2.45, 2.75) is 26.3 Å². The number of halogens is 1. The Labute approximate surface area is 96.1 Å². The van der Waals surface area contributed by atoms with E-state index in [1.54, 1.807) is 0 Å². The summed E-state index contributed by atoms with van der Waals surface area (Å²) in [5, 5.41) is 4.26. The molecule has 1 nitrogen and oxygen atoms in total. The standard InChI is InChI=1S/C13H16ClN/c1-9-5-11(3-4-13(9)14)7-12-6-10(2)15-8-12/h3-5,7,10,15H,6,8H2,1-2H3/b12-7-. The van der Waals surface area contributed by atoms with Gasteiger partial charge in [0.2, 0.25) is 0 Å². The molecule has 2 rings (SSSR count). The molecule has 1 aromatic rings. The summed E-state index contributed by atoms with van der Waals surface area (Å²) >= 11 is 5.99. The summed E-state index contributed by atoms with van der Waals surface area (Å²) in [6, 6.07) is 6.79. The van der Waals surface area contributed by atoms with Crippen LogP contribution in [-0.2, 0) is 0 Å². The van der Waals surface area contributed by atoms with E-state index in [4.69, 9.17) is 11.6 Å². The van der Waals surface area contributed by atoms with E-state index in [1.807, 2.05) is 13.0 Å². The first-order valence-electron chi connectivity index (χ1n) is 5.34. The summed E-state index contributed by atoms with van der Waals surface area (Å²) in [6.45, 7) is 5.27. The maximum Gasteiger partial charge on any atom is 0.0435 e. The van der Waals surface area contributed by atoms with Crippen LogP contribution < -0.4 is 5.32 Å². The summed E-state index contributed by atoms with van der Waals surface area (Å²) in [4.78, 5) is 0. The zero-order valence-electron chi connectivity index (χ0n) is 9.18. The molecule has 1 atom stereocenters. The fourth-order valence-corrected chi connectivity index (χ4v) is 2.06. The minimum absolute atomic E-state index is 0.615. The molecule has 80 valence electrons. The van der Waals surface area contributed by atoms with Crippen molar-refractivity contribution in [3.05, 3.63) is 39.9 Å². The Morgan fingerprint density at radius 3 is 2.87 bits per heavy atom. The lowest BCUT2D eigenvalue weighted by molar-refractivity contribution is 0.667. The molecule has 0 aliphatic carbocycles. The molecule has 0 aromatic heterocycles. The highest BCUT2D eigenvalue weighted by Crippen LogP contribution is 2.20. The number of hydrogen-bond donors (Lipinski definition) is 1. The van der Waals surface area contributed by atoms with Gasteiger partial charge in [0.05, 0.1) is 0 Å². The monoisotopic (exact) mass is 221 g/mol. The van der Waals surface area contributed by atoms with Crippen molar-refractivity contribution in [2.24, 2.45) is 0 Å². The van der Waals surface area contributed by atoms with Crippen molar-refractivity contribution in [3.63, 3.8) is 0 Å². The van der Waals surface area contributed by atoms with Gasteiger partial charge in [-0.1, -0.05) is 35.4 Å². The molecule has 1 N–H and O–H groups in total. The number of benzene rings is 1. The van der Waals surface area contributed by atoms with E-state index in [0.717, 1.165) is 23.6 Å². The third-order valence-electron chi connectivity index (χ3n) is 2.80. The minimum atomic E-state index is 0.615. The van der Waals surface area contributed by atoms with Gasteiger partial charge < -0.3 is 5.32 Å². The van der Waals surface area contributed by atoms with Crippen LogP contribution in [0.1, 0.15) is 24.5 Å². The van der Waals surface area contributed by atoms with E-state index in [-0.39, 0.29) is 0 Å². The van der Waals surface area contributed by atoms with Gasteiger partial charge in [-0.15, -0.1) is 0 Å². The summed E-state index contributed by atoms with van der Waals surface area (Å²) in [5.74, 6) is 0. The molecule has 0 bridgehead atoms. The molecule has 1 saturated heterocycles. The maximum absolute atomic E-state index is 5.99. The predicted octanol–water partition coefficient (Wildman–Crippen LogP) is 3.41. The molecule has 15 heavy (non-hydrogen) atoms. The second-order valence-electron chi connectivity index (χ2n) is 4.30. The van der Waals surface area contributed by atoms with Crippen LogP contribution in [0.5, 0.6) is 0 Å². The van der Waals surface area contributed by atoms with Crippen molar-refractivity contribution in [2.75, 3.05) is 6.54 Å². The van der Waals surface area contributed by atoms with Crippen LogP contribution in [0.15, 0.2) is 23.8 Å². The SMILES string of the molecule is Cc1cc(/C=C2\CNC(C)C2)ccc1Cl. The van der Waals surface area contributed by atoms with E-state index in [0.29, 0.717) is 6.04 Å². The normalized spacial score (nSPS) is 23.7. The van der Waals surface area contributed by atoms with Crippen molar-refractivity contribution < 1.29 is 0 Å². The lowest BCUT2D eigenvalue weighted by atomic mass is 10.1. The molecule has 1 aliphatic rings.